The van der Waals surface area contributed by atoms with E-state index in [2.05, 4.69) is 155 Å². The third-order valence-electron chi connectivity index (χ3n) is 9.94. The number of nitrogens with zero attached hydrogens (tertiary/aromatic N) is 1. The maximum Gasteiger partial charge on any atom is 0.201 e. The van der Waals surface area contributed by atoms with Gasteiger partial charge in [0.2, 0.25) is 5.88 Å². The van der Waals surface area contributed by atoms with Crippen LogP contribution >= 0.6 is 0 Å². The number of benzene rings is 7. The van der Waals surface area contributed by atoms with Crippen LogP contribution in [0.25, 0.3) is 60.5 Å². The molecule has 8 aromatic rings. The molecule has 2 aliphatic rings. The number of amidine groups is 1. The molecule has 0 saturated heterocycles. The molecule has 1 aromatic heterocycles. The lowest BCUT2D eigenvalue weighted by Crippen LogP contribution is -2.45. The van der Waals surface area contributed by atoms with Crippen molar-refractivity contribution in [3.63, 3.8) is 0 Å². The zero-order valence-corrected chi connectivity index (χ0v) is 26.7. The summed E-state index contributed by atoms with van der Waals surface area (Å²) in [5.74, 6) is 1.66. The van der Waals surface area contributed by atoms with Gasteiger partial charge < -0.3 is 15.1 Å². The fraction of sp³-hybridized carbons (Fsp3) is 0.0682. The summed E-state index contributed by atoms with van der Waals surface area (Å²) >= 11 is 0. The lowest BCUT2D eigenvalue weighted by molar-refractivity contribution is 0.411. The van der Waals surface area contributed by atoms with Gasteiger partial charge in [0, 0.05) is 28.6 Å². The number of rotatable bonds is 4. The first-order valence-corrected chi connectivity index (χ1v) is 16.8. The standard InChI is InChI=1S/C44H32N4O/c1-3-11-28(12-4-1)41-46-42(29-13-5-2-6-14-29)48-43(47-41)38-25-32(26-39-40(38)37-16-9-23-45-44(37)49-39)30-18-20-34-31(24-30)19-22-35-33-15-8-7-10-27(33)17-21-36(34)35/h1-22,24-26,41,43,45,47H,23H2,(H,46,48). The highest BCUT2D eigenvalue weighted by Crippen LogP contribution is 2.42. The predicted octanol–water partition coefficient (Wildman–Crippen LogP) is 10.3. The molecule has 0 radical (unpaired) electrons. The van der Waals surface area contributed by atoms with E-state index in [4.69, 9.17) is 9.41 Å². The van der Waals surface area contributed by atoms with E-state index in [1.807, 2.05) is 12.1 Å². The van der Waals surface area contributed by atoms with E-state index < -0.39 is 0 Å². The van der Waals surface area contributed by atoms with Crippen LogP contribution in [0.15, 0.2) is 155 Å². The molecule has 0 saturated carbocycles. The van der Waals surface area contributed by atoms with Crippen molar-refractivity contribution in [3.05, 3.63) is 168 Å². The SMILES string of the molecule is C1=Cc2c(oc3cc(-c4ccc5c(ccc6c7ccccc7ccc56)c4)cc(C4NC(c5ccccc5)=NC(c5ccccc5)N4)c23)NC1. The molecule has 3 N–H and O–H groups in total. The minimum absolute atomic E-state index is 0.234. The van der Waals surface area contributed by atoms with Crippen molar-refractivity contribution in [2.45, 2.75) is 12.3 Å². The largest absolute Gasteiger partial charge is 0.440 e. The number of nitrogens with one attached hydrogen (secondary N) is 3. The molecule has 2 atom stereocenters. The van der Waals surface area contributed by atoms with E-state index in [0.717, 1.165) is 62.6 Å². The number of furan rings is 1. The molecule has 2 aliphatic heterocycles. The van der Waals surface area contributed by atoms with Gasteiger partial charge in [0.25, 0.3) is 0 Å². The van der Waals surface area contributed by atoms with E-state index in [9.17, 15) is 0 Å². The Bertz CT molecular complexity index is 2620. The Morgan fingerprint density at radius 3 is 2.20 bits per heavy atom. The van der Waals surface area contributed by atoms with Crippen molar-refractivity contribution in [1.82, 2.24) is 10.6 Å². The third-order valence-corrected chi connectivity index (χ3v) is 9.94. The Morgan fingerprint density at radius 2 is 1.35 bits per heavy atom. The molecule has 5 heteroatoms. The van der Waals surface area contributed by atoms with Crippen LogP contribution in [0.1, 0.15) is 34.6 Å². The van der Waals surface area contributed by atoms with Crippen molar-refractivity contribution < 1.29 is 4.42 Å². The highest BCUT2D eigenvalue weighted by atomic mass is 16.3. The van der Waals surface area contributed by atoms with Crippen molar-refractivity contribution in [2.75, 3.05) is 11.9 Å². The second kappa shape index (κ2) is 11.2. The Kier molecular flexibility index (Phi) is 6.39. The molecule has 7 aromatic carbocycles. The van der Waals surface area contributed by atoms with Gasteiger partial charge in [-0.05, 0) is 67.2 Å². The van der Waals surface area contributed by atoms with E-state index >= 15 is 0 Å². The van der Waals surface area contributed by atoms with E-state index in [1.54, 1.807) is 0 Å². The summed E-state index contributed by atoms with van der Waals surface area (Å²) in [6.07, 6.45) is 3.85. The number of hydrogen-bond donors (Lipinski definition) is 3. The Hall–Kier alpha value is -6.17. The zero-order valence-electron chi connectivity index (χ0n) is 26.7. The maximum absolute atomic E-state index is 6.54. The lowest BCUT2D eigenvalue weighted by atomic mass is 9.92. The van der Waals surface area contributed by atoms with Gasteiger partial charge in [-0.1, -0.05) is 133 Å². The van der Waals surface area contributed by atoms with Gasteiger partial charge in [-0.15, -0.1) is 0 Å². The summed E-state index contributed by atoms with van der Waals surface area (Å²) in [4.78, 5) is 5.16. The zero-order chi connectivity index (χ0) is 32.3. The molecule has 234 valence electrons. The molecular weight excluding hydrogens is 601 g/mol. The Labute approximate surface area is 283 Å². The molecule has 0 amide bonds. The van der Waals surface area contributed by atoms with Gasteiger partial charge in [-0.25, -0.2) is 4.99 Å². The number of aliphatic imine (C=N–C) groups is 1. The summed E-state index contributed by atoms with van der Waals surface area (Å²) in [6.45, 7) is 0.740. The van der Waals surface area contributed by atoms with Crippen LogP contribution in [-0.4, -0.2) is 12.4 Å². The number of anilines is 1. The first kappa shape index (κ1) is 27.9. The normalized spacial score (nSPS) is 17.2. The predicted molar refractivity (Wildman–Crippen MR) is 203 cm³/mol. The van der Waals surface area contributed by atoms with Gasteiger partial charge in [0.15, 0.2) is 0 Å². The van der Waals surface area contributed by atoms with E-state index in [1.165, 1.54) is 32.3 Å². The first-order chi connectivity index (χ1) is 24.3. The average Bonchev–Trinajstić information content (AvgIpc) is 3.56. The molecule has 0 aliphatic carbocycles. The smallest absolute Gasteiger partial charge is 0.201 e. The molecule has 0 bridgehead atoms. The van der Waals surface area contributed by atoms with Gasteiger partial charge >= 0.3 is 0 Å². The van der Waals surface area contributed by atoms with Crippen LogP contribution in [0.3, 0.4) is 0 Å². The number of fused-ring (bicyclic) bond motifs is 8. The quantitative estimate of drug-likeness (QED) is 0.169. The second-order valence-electron chi connectivity index (χ2n) is 12.9. The summed E-state index contributed by atoms with van der Waals surface area (Å²) in [7, 11) is 0. The molecule has 49 heavy (non-hydrogen) atoms. The molecule has 0 fully saturated rings. The van der Waals surface area contributed by atoms with Crippen molar-refractivity contribution in [2.24, 2.45) is 4.99 Å². The molecule has 5 nitrogen and oxygen atoms in total. The van der Waals surface area contributed by atoms with Crippen molar-refractivity contribution in [1.29, 1.82) is 0 Å². The van der Waals surface area contributed by atoms with Crippen LogP contribution in [0.4, 0.5) is 5.88 Å². The molecular formula is C44H32N4O. The Balaban J connectivity index is 1.14. The lowest BCUT2D eigenvalue weighted by Gasteiger charge is -2.33. The van der Waals surface area contributed by atoms with Crippen LogP contribution in [0.2, 0.25) is 0 Å². The Morgan fingerprint density at radius 1 is 0.612 bits per heavy atom. The average molecular weight is 633 g/mol. The topological polar surface area (TPSA) is 61.6 Å². The molecule has 0 spiro atoms. The van der Waals surface area contributed by atoms with Crippen LogP contribution in [0, 0.1) is 0 Å². The van der Waals surface area contributed by atoms with Crippen LogP contribution < -0.4 is 16.0 Å². The van der Waals surface area contributed by atoms with Gasteiger partial charge in [-0.2, -0.15) is 0 Å². The summed E-state index contributed by atoms with van der Waals surface area (Å²) in [5, 5.41) is 19.7. The van der Waals surface area contributed by atoms with E-state index in [-0.39, 0.29) is 12.3 Å². The third kappa shape index (κ3) is 4.70. The minimum Gasteiger partial charge on any atom is -0.440 e. The molecule has 2 unspecified atom stereocenters. The van der Waals surface area contributed by atoms with Crippen LogP contribution in [0.5, 0.6) is 0 Å². The maximum atomic E-state index is 6.54. The number of hydrogen-bond acceptors (Lipinski definition) is 5. The highest BCUT2D eigenvalue weighted by molar-refractivity contribution is 6.17. The molecule has 3 heterocycles. The fourth-order valence-corrected chi connectivity index (χ4v) is 7.57. The monoisotopic (exact) mass is 632 g/mol. The van der Waals surface area contributed by atoms with Crippen molar-refractivity contribution >= 4 is 61.1 Å². The summed E-state index contributed by atoms with van der Waals surface area (Å²) in [5.41, 5.74) is 7.43. The summed E-state index contributed by atoms with van der Waals surface area (Å²) < 4.78 is 6.54. The van der Waals surface area contributed by atoms with E-state index in [0.29, 0.717) is 0 Å². The minimum atomic E-state index is -0.241. The highest BCUT2D eigenvalue weighted by Gasteiger charge is 2.29. The fourth-order valence-electron chi connectivity index (χ4n) is 7.57. The van der Waals surface area contributed by atoms with Crippen LogP contribution in [-0.2, 0) is 0 Å². The van der Waals surface area contributed by atoms with Crippen molar-refractivity contribution in [3.8, 4) is 11.1 Å². The molecule has 10 rings (SSSR count). The van der Waals surface area contributed by atoms with Gasteiger partial charge in [-0.3, -0.25) is 5.32 Å². The first-order valence-electron chi connectivity index (χ1n) is 16.8. The van der Waals surface area contributed by atoms with Gasteiger partial charge in [0.1, 0.15) is 23.8 Å². The second-order valence-corrected chi connectivity index (χ2v) is 12.9. The summed E-state index contributed by atoms with van der Waals surface area (Å²) in [6, 6.07) is 49.8. The van der Waals surface area contributed by atoms with Gasteiger partial charge in [0.05, 0.1) is 0 Å².